The Kier molecular flexibility index (Phi) is 7.06. The van der Waals surface area contributed by atoms with Crippen molar-refractivity contribution in [2.24, 2.45) is 0 Å². The molecule has 9 rings (SSSR count). The van der Waals surface area contributed by atoms with E-state index in [1.807, 2.05) is 54.7 Å². The van der Waals surface area contributed by atoms with Gasteiger partial charge in [0.05, 0.1) is 22.8 Å². The molecule has 0 amide bonds. The molecule has 0 N–H and O–H groups in total. The van der Waals surface area contributed by atoms with E-state index in [9.17, 15) is 0 Å². The maximum Gasteiger partial charge on any atom is 0.160 e. The van der Waals surface area contributed by atoms with Crippen LogP contribution in [0.15, 0.2) is 176 Å². The van der Waals surface area contributed by atoms with E-state index in [0.29, 0.717) is 5.82 Å². The Labute approximate surface area is 283 Å². The second-order valence-electron chi connectivity index (χ2n) is 12.0. The number of rotatable bonds is 6. The van der Waals surface area contributed by atoms with Crippen LogP contribution in [0.1, 0.15) is 0 Å². The minimum atomic E-state index is 0.691. The summed E-state index contributed by atoms with van der Waals surface area (Å²) in [5, 5.41) is 2.24. The van der Waals surface area contributed by atoms with Crippen molar-refractivity contribution in [2.45, 2.75) is 0 Å². The van der Waals surface area contributed by atoms with Crippen LogP contribution in [0.2, 0.25) is 0 Å². The quantitative estimate of drug-likeness (QED) is 0.184. The Morgan fingerprint density at radius 3 is 1.63 bits per heavy atom. The molecule has 0 radical (unpaired) electrons. The van der Waals surface area contributed by atoms with Crippen LogP contribution in [0.4, 0.5) is 0 Å². The second-order valence-corrected chi connectivity index (χ2v) is 12.0. The maximum atomic E-state index is 5.06. The zero-order valence-corrected chi connectivity index (χ0v) is 26.5. The molecule has 230 valence electrons. The first-order valence-electron chi connectivity index (χ1n) is 16.3. The summed E-state index contributed by atoms with van der Waals surface area (Å²) in [5.41, 5.74) is 11.7. The standard InChI is InChI=1S/C44H29N5/c1-3-11-30(12-4-1)31-18-20-32(21-19-31)38-28-39(47-44(46-38)35-13-5-2-6-14-35)33-22-24-34(25-23-33)43-42(48-41-17-9-10-26-49(41)43)40-27-36-15-7-8-16-37(36)29-45-40/h1-29H. The highest BCUT2D eigenvalue weighted by Gasteiger charge is 2.18. The van der Waals surface area contributed by atoms with Gasteiger partial charge in [-0.1, -0.05) is 140 Å². The van der Waals surface area contributed by atoms with E-state index in [1.165, 1.54) is 11.1 Å². The number of nitrogens with zero attached hydrogens (tertiary/aromatic N) is 5. The Balaban J connectivity index is 1.13. The van der Waals surface area contributed by atoms with Gasteiger partial charge in [0.15, 0.2) is 5.82 Å². The van der Waals surface area contributed by atoms with Gasteiger partial charge in [-0.15, -0.1) is 0 Å². The van der Waals surface area contributed by atoms with Crippen LogP contribution < -0.4 is 0 Å². The monoisotopic (exact) mass is 627 g/mol. The largest absolute Gasteiger partial charge is 0.299 e. The molecule has 0 aliphatic rings. The lowest BCUT2D eigenvalue weighted by molar-refractivity contribution is 1.18. The highest BCUT2D eigenvalue weighted by molar-refractivity contribution is 5.88. The Hall–Kier alpha value is -6.72. The lowest BCUT2D eigenvalue weighted by atomic mass is 10.0. The molecular weight excluding hydrogens is 599 g/mol. The first-order chi connectivity index (χ1) is 24.3. The zero-order chi connectivity index (χ0) is 32.6. The van der Waals surface area contributed by atoms with E-state index in [4.69, 9.17) is 19.9 Å². The summed E-state index contributed by atoms with van der Waals surface area (Å²) < 4.78 is 2.14. The van der Waals surface area contributed by atoms with E-state index in [2.05, 4.69) is 126 Å². The fourth-order valence-corrected chi connectivity index (χ4v) is 6.39. The summed E-state index contributed by atoms with van der Waals surface area (Å²) in [6.07, 6.45) is 3.98. The molecular formula is C44H29N5. The number of aromatic nitrogens is 5. The fourth-order valence-electron chi connectivity index (χ4n) is 6.39. The fraction of sp³-hybridized carbons (Fsp3) is 0. The van der Waals surface area contributed by atoms with E-state index in [-0.39, 0.29) is 0 Å². The van der Waals surface area contributed by atoms with Crippen molar-refractivity contribution in [3.8, 4) is 67.7 Å². The third-order valence-corrected chi connectivity index (χ3v) is 8.90. The van der Waals surface area contributed by atoms with Gasteiger partial charge < -0.3 is 0 Å². The van der Waals surface area contributed by atoms with Gasteiger partial charge in [-0.25, -0.2) is 15.0 Å². The zero-order valence-electron chi connectivity index (χ0n) is 26.5. The molecule has 4 aromatic heterocycles. The van der Waals surface area contributed by atoms with Gasteiger partial charge in [0.2, 0.25) is 0 Å². The molecule has 0 aliphatic heterocycles. The molecule has 0 saturated carbocycles. The molecule has 49 heavy (non-hydrogen) atoms. The summed E-state index contributed by atoms with van der Waals surface area (Å²) in [6.45, 7) is 0. The highest BCUT2D eigenvalue weighted by atomic mass is 15.0. The van der Waals surface area contributed by atoms with Crippen molar-refractivity contribution >= 4 is 16.4 Å². The van der Waals surface area contributed by atoms with Gasteiger partial charge in [-0.3, -0.25) is 9.38 Å². The number of benzene rings is 5. The first-order valence-corrected chi connectivity index (χ1v) is 16.3. The lowest BCUT2D eigenvalue weighted by Gasteiger charge is -2.11. The molecule has 0 atom stereocenters. The number of hydrogen-bond acceptors (Lipinski definition) is 4. The van der Waals surface area contributed by atoms with Crippen molar-refractivity contribution in [1.29, 1.82) is 0 Å². The Morgan fingerprint density at radius 1 is 0.388 bits per heavy atom. The van der Waals surface area contributed by atoms with Crippen molar-refractivity contribution in [2.75, 3.05) is 0 Å². The molecule has 0 saturated heterocycles. The van der Waals surface area contributed by atoms with Gasteiger partial charge in [0, 0.05) is 40.0 Å². The smallest absolute Gasteiger partial charge is 0.160 e. The molecule has 0 unspecified atom stereocenters. The highest BCUT2D eigenvalue weighted by Crippen LogP contribution is 2.35. The summed E-state index contributed by atoms with van der Waals surface area (Å²) in [4.78, 5) is 20.0. The second kappa shape index (κ2) is 12.1. The average molecular weight is 628 g/mol. The van der Waals surface area contributed by atoms with Crippen LogP contribution in [0.25, 0.3) is 84.1 Å². The lowest BCUT2D eigenvalue weighted by Crippen LogP contribution is -1.96. The predicted octanol–water partition coefficient (Wildman–Crippen LogP) is 10.7. The van der Waals surface area contributed by atoms with Crippen LogP contribution in [-0.4, -0.2) is 24.3 Å². The van der Waals surface area contributed by atoms with Crippen LogP contribution >= 0.6 is 0 Å². The molecule has 0 fully saturated rings. The number of imidazole rings is 1. The minimum Gasteiger partial charge on any atom is -0.299 e. The van der Waals surface area contributed by atoms with Gasteiger partial charge >= 0.3 is 0 Å². The SMILES string of the molecule is c1ccc(-c2ccc(-c3cc(-c4ccc(-c5c(-c6cc7ccccc7cn6)nc6ccccn56)cc4)nc(-c4ccccc4)n3)cc2)cc1. The van der Waals surface area contributed by atoms with Crippen molar-refractivity contribution in [1.82, 2.24) is 24.3 Å². The molecule has 9 aromatic rings. The Morgan fingerprint density at radius 2 is 0.939 bits per heavy atom. The first kappa shape index (κ1) is 28.5. The summed E-state index contributed by atoms with van der Waals surface area (Å²) in [5.74, 6) is 0.691. The predicted molar refractivity (Wildman–Crippen MR) is 199 cm³/mol. The summed E-state index contributed by atoms with van der Waals surface area (Å²) in [7, 11) is 0. The number of hydrogen-bond donors (Lipinski definition) is 0. The molecule has 5 aromatic carbocycles. The molecule has 4 heterocycles. The molecule has 0 aliphatic carbocycles. The van der Waals surface area contributed by atoms with Crippen molar-refractivity contribution < 1.29 is 0 Å². The van der Waals surface area contributed by atoms with E-state index in [1.54, 1.807) is 0 Å². The van der Waals surface area contributed by atoms with Gasteiger partial charge in [0.1, 0.15) is 11.3 Å². The van der Waals surface area contributed by atoms with Gasteiger partial charge in [-0.2, -0.15) is 0 Å². The third-order valence-electron chi connectivity index (χ3n) is 8.90. The van der Waals surface area contributed by atoms with E-state index < -0.39 is 0 Å². The molecule has 5 nitrogen and oxygen atoms in total. The van der Waals surface area contributed by atoms with Crippen LogP contribution in [-0.2, 0) is 0 Å². The number of fused-ring (bicyclic) bond motifs is 2. The topological polar surface area (TPSA) is 56.0 Å². The molecule has 0 bridgehead atoms. The Bertz CT molecular complexity index is 2570. The third kappa shape index (κ3) is 5.43. The average Bonchev–Trinajstić information content (AvgIpc) is 3.58. The van der Waals surface area contributed by atoms with E-state index >= 15 is 0 Å². The van der Waals surface area contributed by atoms with Gasteiger partial charge in [0.25, 0.3) is 0 Å². The summed E-state index contributed by atoms with van der Waals surface area (Å²) in [6, 6.07) is 56.3. The molecule has 5 heteroatoms. The summed E-state index contributed by atoms with van der Waals surface area (Å²) >= 11 is 0. The van der Waals surface area contributed by atoms with Gasteiger partial charge in [-0.05, 0) is 40.8 Å². The van der Waals surface area contributed by atoms with E-state index in [0.717, 1.165) is 67.1 Å². The number of pyridine rings is 2. The van der Waals surface area contributed by atoms with Crippen LogP contribution in [0.5, 0.6) is 0 Å². The minimum absolute atomic E-state index is 0.691. The van der Waals surface area contributed by atoms with Crippen molar-refractivity contribution in [3.05, 3.63) is 176 Å². The van der Waals surface area contributed by atoms with Crippen molar-refractivity contribution in [3.63, 3.8) is 0 Å². The maximum absolute atomic E-state index is 5.06. The normalized spacial score (nSPS) is 11.3. The molecule has 0 spiro atoms. The van der Waals surface area contributed by atoms with Crippen LogP contribution in [0.3, 0.4) is 0 Å². The van der Waals surface area contributed by atoms with Crippen LogP contribution in [0, 0.1) is 0 Å².